The molecule has 0 aliphatic carbocycles. The first-order valence-electron chi connectivity index (χ1n) is 7.20. The predicted molar refractivity (Wildman–Crippen MR) is 76.9 cm³/mol. The summed E-state index contributed by atoms with van der Waals surface area (Å²) >= 11 is 0. The molecule has 4 nitrogen and oxygen atoms in total. The van der Waals surface area contributed by atoms with Crippen LogP contribution in [0.2, 0.25) is 0 Å². The van der Waals surface area contributed by atoms with Gasteiger partial charge in [-0.15, -0.1) is 0 Å². The number of rotatable bonds is 3. The maximum atomic E-state index is 11.0. The van der Waals surface area contributed by atoms with Crippen LogP contribution >= 0.6 is 0 Å². The molecule has 0 unspecified atom stereocenters. The molecule has 1 N–H and O–H groups in total. The monoisotopic (exact) mass is 273 g/mol. The second-order valence-corrected chi connectivity index (χ2v) is 5.46. The Labute approximate surface area is 118 Å². The van der Waals surface area contributed by atoms with Gasteiger partial charge in [0.25, 0.3) is 0 Å². The Kier molecular flexibility index (Phi) is 3.74. The van der Waals surface area contributed by atoms with Gasteiger partial charge in [0.05, 0.1) is 12.1 Å². The molecule has 1 saturated heterocycles. The molecule has 1 aliphatic heterocycles. The standard InChI is InChI=1S/C16H19NO3/c18-16(19)12-5-6-15-13(9-12)10-14(20-15)11-17-7-3-1-2-4-8-17/h5-6,9-10H,1-4,7-8,11H2,(H,18,19). The zero-order valence-corrected chi connectivity index (χ0v) is 11.5. The molecular weight excluding hydrogens is 254 g/mol. The van der Waals surface area contributed by atoms with E-state index in [1.165, 1.54) is 25.7 Å². The highest BCUT2D eigenvalue weighted by Gasteiger charge is 2.13. The van der Waals surface area contributed by atoms with E-state index >= 15 is 0 Å². The van der Waals surface area contributed by atoms with Gasteiger partial charge in [-0.25, -0.2) is 4.79 Å². The van der Waals surface area contributed by atoms with Crippen molar-refractivity contribution >= 4 is 16.9 Å². The van der Waals surface area contributed by atoms with E-state index in [0.717, 1.165) is 36.4 Å². The third-order valence-corrected chi connectivity index (χ3v) is 3.89. The van der Waals surface area contributed by atoms with Crippen molar-refractivity contribution in [3.8, 4) is 0 Å². The fraction of sp³-hybridized carbons (Fsp3) is 0.438. The van der Waals surface area contributed by atoms with Crippen molar-refractivity contribution in [3.05, 3.63) is 35.6 Å². The third-order valence-electron chi connectivity index (χ3n) is 3.89. The van der Waals surface area contributed by atoms with E-state index in [-0.39, 0.29) is 0 Å². The van der Waals surface area contributed by atoms with E-state index in [2.05, 4.69) is 4.90 Å². The number of carboxylic acid groups (broad SMARTS) is 1. The average molecular weight is 273 g/mol. The lowest BCUT2D eigenvalue weighted by molar-refractivity contribution is 0.0697. The maximum Gasteiger partial charge on any atom is 0.335 e. The Morgan fingerprint density at radius 3 is 2.60 bits per heavy atom. The Hall–Kier alpha value is -1.81. The van der Waals surface area contributed by atoms with Gasteiger partial charge in [0.2, 0.25) is 0 Å². The fourth-order valence-electron chi connectivity index (χ4n) is 2.82. The van der Waals surface area contributed by atoms with Crippen molar-refractivity contribution in [2.24, 2.45) is 0 Å². The second-order valence-electron chi connectivity index (χ2n) is 5.46. The van der Waals surface area contributed by atoms with Gasteiger partial charge in [-0.3, -0.25) is 4.90 Å². The van der Waals surface area contributed by atoms with Gasteiger partial charge < -0.3 is 9.52 Å². The minimum atomic E-state index is -0.901. The van der Waals surface area contributed by atoms with E-state index in [0.29, 0.717) is 5.56 Å². The molecule has 0 amide bonds. The Morgan fingerprint density at radius 2 is 1.90 bits per heavy atom. The first kappa shape index (κ1) is 13.2. The molecule has 0 atom stereocenters. The minimum absolute atomic E-state index is 0.305. The lowest BCUT2D eigenvalue weighted by Crippen LogP contribution is -2.23. The van der Waals surface area contributed by atoms with Gasteiger partial charge in [-0.1, -0.05) is 12.8 Å². The normalized spacial score (nSPS) is 17.2. The minimum Gasteiger partial charge on any atom is -0.478 e. The molecule has 2 aromatic rings. The van der Waals surface area contributed by atoms with E-state index in [1.54, 1.807) is 18.2 Å². The van der Waals surface area contributed by atoms with Gasteiger partial charge in [0.15, 0.2) is 0 Å². The average Bonchev–Trinajstić information content (AvgIpc) is 2.64. The number of aromatic carboxylic acids is 1. The lowest BCUT2D eigenvalue weighted by Gasteiger charge is -2.17. The lowest BCUT2D eigenvalue weighted by atomic mass is 10.1. The molecule has 0 saturated carbocycles. The number of hydrogen-bond acceptors (Lipinski definition) is 3. The number of carboxylic acids is 1. The van der Waals surface area contributed by atoms with Crippen LogP contribution < -0.4 is 0 Å². The van der Waals surface area contributed by atoms with E-state index in [1.807, 2.05) is 6.07 Å². The summed E-state index contributed by atoms with van der Waals surface area (Å²) in [6.07, 6.45) is 5.14. The number of fused-ring (bicyclic) bond motifs is 1. The van der Waals surface area contributed by atoms with Gasteiger partial charge in [0.1, 0.15) is 11.3 Å². The van der Waals surface area contributed by atoms with Gasteiger partial charge in [0, 0.05) is 5.39 Å². The van der Waals surface area contributed by atoms with Crippen LogP contribution in [0.1, 0.15) is 41.8 Å². The molecular formula is C16H19NO3. The Morgan fingerprint density at radius 1 is 1.15 bits per heavy atom. The molecule has 0 radical (unpaired) electrons. The molecule has 4 heteroatoms. The van der Waals surface area contributed by atoms with Gasteiger partial charge in [-0.2, -0.15) is 0 Å². The molecule has 3 rings (SSSR count). The molecule has 106 valence electrons. The highest BCUT2D eigenvalue weighted by molar-refractivity contribution is 5.93. The molecule has 2 heterocycles. The van der Waals surface area contributed by atoms with E-state index < -0.39 is 5.97 Å². The van der Waals surface area contributed by atoms with Crippen molar-refractivity contribution < 1.29 is 14.3 Å². The zero-order valence-electron chi connectivity index (χ0n) is 11.5. The van der Waals surface area contributed by atoms with Crippen molar-refractivity contribution in [2.75, 3.05) is 13.1 Å². The number of nitrogens with zero attached hydrogens (tertiary/aromatic N) is 1. The van der Waals surface area contributed by atoms with Gasteiger partial charge >= 0.3 is 5.97 Å². The first-order chi connectivity index (χ1) is 9.72. The quantitative estimate of drug-likeness (QED) is 0.929. The topological polar surface area (TPSA) is 53.7 Å². The number of likely N-dealkylation sites (tertiary alicyclic amines) is 1. The predicted octanol–water partition coefficient (Wildman–Crippen LogP) is 3.51. The molecule has 1 aliphatic rings. The second kappa shape index (κ2) is 5.67. The molecule has 1 aromatic carbocycles. The van der Waals surface area contributed by atoms with E-state index in [4.69, 9.17) is 9.52 Å². The first-order valence-corrected chi connectivity index (χ1v) is 7.20. The molecule has 1 aromatic heterocycles. The zero-order chi connectivity index (χ0) is 13.9. The van der Waals surface area contributed by atoms with Crippen LogP contribution in [0, 0.1) is 0 Å². The van der Waals surface area contributed by atoms with Crippen LogP contribution in [-0.2, 0) is 6.54 Å². The number of hydrogen-bond donors (Lipinski definition) is 1. The molecule has 0 bridgehead atoms. The van der Waals surface area contributed by atoms with Crippen molar-refractivity contribution in [1.29, 1.82) is 0 Å². The van der Waals surface area contributed by atoms with Crippen LogP contribution in [0.15, 0.2) is 28.7 Å². The van der Waals surface area contributed by atoms with Crippen molar-refractivity contribution in [1.82, 2.24) is 4.90 Å². The molecule has 20 heavy (non-hydrogen) atoms. The summed E-state index contributed by atoms with van der Waals surface area (Å²) in [5.41, 5.74) is 1.07. The summed E-state index contributed by atoms with van der Waals surface area (Å²) in [7, 11) is 0. The van der Waals surface area contributed by atoms with E-state index in [9.17, 15) is 4.79 Å². The highest BCUT2D eigenvalue weighted by atomic mass is 16.4. The van der Waals surface area contributed by atoms with Crippen LogP contribution in [-0.4, -0.2) is 29.1 Å². The third kappa shape index (κ3) is 2.85. The summed E-state index contributed by atoms with van der Waals surface area (Å²) in [6, 6.07) is 6.97. The summed E-state index contributed by atoms with van der Waals surface area (Å²) in [5, 5.41) is 9.87. The van der Waals surface area contributed by atoms with Crippen LogP contribution in [0.25, 0.3) is 11.0 Å². The van der Waals surface area contributed by atoms with Crippen molar-refractivity contribution in [3.63, 3.8) is 0 Å². The molecule has 1 fully saturated rings. The van der Waals surface area contributed by atoms with Crippen molar-refractivity contribution in [2.45, 2.75) is 32.2 Å². The Bertz CT molecular complexity index is 609. The SMILES string of the molecule is O=C(O)c1ccc2oc(CN3CCCCCC3)cc2c1. The largest absolute Gasteiger partial charge is 0.478 e. The fourth-order valence-corrected chi connectivity index (χ4v) is 2.82. The summed E-state index contributed by atoms with van der Waals surface area (Å²) in [5.74, 6) is 0.0200. The summed E-state index contributed by atoms with van der Waals surface area (Å²) in [4.78, 5) is 13.4. The summed E-state index contributed by atoms with van der Waals surface area (Å²) in [6.45, 7) is 3.06. The highest BCUT2D eigenvalue weighted by Crippen LogP contribution is 2.23. The maximum absolute atomic E-state index is 11.0. The summed E-state index contributed by atoms with van der Waals surface area (Å²) < 4.78 is 5.81. The number of benzene rings is 1. The van der Waals surface area contributed by atoms with Gasteiger partial charge in [-0.05, 0) is 50.2 Å². The Balaban J connectivity index is 1.79. The van der Waals surface area contributed by atoms with Crippen LogP contribution in [0.3, 0.4) is 0 Å². The smallest absolute Gasteiger partial charge is 0.335 e. The molecule has 0 spiro atoms. The number of furan rings is 1. The number of carbonyl (C=O) groups is 1. The van der Waals surface area contributed by atoms with Crippen LogP contribution in [0.4, 0.5) is 0 Å². The van der Waals surface area contributed by atoms with Crippen LogP contribution in [0.5, 0.6) is 0 Å².